The molecular weight excluding hydrogens is 689 g/mol. The number of aliphatic hydroxyl groups excluding tert-OH is 3. The van der Waals surface area contributed by atoms with Crippen molar-refractivity contribution in [3.05, 3.63) is 12.2 Å². The van der Waals surface area contributed by atoms with Crippen molar-refractivity contribution in [2.45, 2.75) is 186 Å². The summed E-state index contributed by atoms with van der Waals surface area (Å²) in [6.45, 7) is 3.37. The van der Waals surface area contributed by atoms with Crippen LogP contribution in [0, 0.1) is 11.8 Å². The number of ether oxygens (including phenoxy) is 2. The molecule has 1 saturated carbocycles. The summed E-state index contributed by atoms with van der Waals surface area (Å²) in [5.41, 5.74) is 5.33. The molecule has 0 aromatic heterocycles. The van der Waals surface area contributed by atoms with Gasteiger partial charge in [-0.15, -0.1) is 0 Å². The van der Waals surface area contributed by atoms with E-state index in [4.69, 9.17) is 24.3 Å². The van der Waals surface area contributed by atoms with Crippen LogP contribution in [0.4, 0.5) is 0 Å². The van der Waals surface area contributed by atoms with Crippen LogP contribution in [-0.4, -0.2) is 82.9 Å². The molecule has 0 bridgehead atoms. The zero-order chi connectivity index (χ0) is 38.5. The lowest BCUT2D eigenvalue weighted by Gasteiger charge is -2.21. The second kappa shape index (κ2) is 30.9. The van der Waals surface area contributed by atoms with E-state index in [0.717, 1.165) is 64.2 Å². The Hall–Kier alpha value is -1.37. The molecule has 12 nitrogen and oxygen atoms in total. The van der Waals surface area contributed by atoms with Gasteiger partial charge in [-0.2, -0.15) is 0 Å². The van der Waals surface area contributed by atoms with Gasteiger partial charge in [0.25, 0.3) is 0 Å². The highest BCUT2D eigenvalue weighted by Crippen LogP contribution is 2.43. The number of phosphoric ester groups is 1. The molecule has 1 fully saturated rings. The molecule has 13 heteroatoms. The van der Waals surface area contributed by atoms with Gasteiger partial charge in [0.05, 0.1) is 31.5 Å². The van der Waals surface area contributed by atoms with Gasteiger partial charge < -0.3 is 35.4 Å². The van der Waals surface area contributed by atoms with E-state index in [1.165, 1.54) is 44.9 Å². The van der Waals surface area contributed by atoms with Crippen molar-refractivity contribution in [1.82, 2.24) is 0 Å². The van der Waals surface area contributed by atoms with Crippen molar-refractivity contribution < 1.29 is 52.9 Å². The molecule has 0 aromatic carbocycles. The van der Waals surface area contributed by atoms with Crippen molar-refractivity contribution in [3.8, 4) is 0 Å². The first-order valence-electron chi connectivity index (χ1n) is 20.4. The Kier molecular flexibility index (Phi) is 28.9. The number of rotatable bonds is 34. The van der Waals surface area contributed by atoms with Gasteiger partial charge in [-0.25, -0.2) is 4.57 Å². The molecular formula is C39H74NO11P. The van der Waals surface area contributed by atoms with Crippen molar-refractivity contribution in [1.29, 1.82) is 0 Å². The number of hydrogen-bond acceptors (Lipinski definition) is 11. The standard InChI is InChI=1S/C39H74NO11P/c1-3-5-7-8-9-10-11-12-13-14-19-23-38(44)48-30-33(31-50-52(46,47)49-28-27-40)51-39(45)24-20-16-15-18-22-34-35(37(43)29-36(34)42)26-25-32(41)21-17-6-4-2/h25-26,32-37,41-43H,3-24,27-31,40H2,1-2H3,(H,46,47)/b26-25+/t32-,33+,34+,35+,36-,37+/m0/s1. The van der Waals surface area contributed by atoms with E-state index in [0.29, 0.717) is 25.7 Å². The fourth-order valence-electron chi connectivity index (χ4n) is 6.67. The molecule has 1 rings (SSSR count). The topological polar surface area (TPSA) is 195 Å². The first kappa shape index (κ1) is 48.6. The molecule has 1 aliphatic carbocycles. The van der Waals surface area contributed by atoms with Gasteiger partial charge in [0.1, 0.15) is 6.61 Å². The maximum Gasteiger partial charge on any atom is 0.472 e. The number of carbonyl (C=O) groups is 2. The van der Waals surface area contributed by atoms with Gasteiger partial charge in [-0.05, 0) is 31.6 Å². The summed E-state index contributed by atoms with van der Waals surface area (Å²) in [7, 11) is -4.43. The summed E-state index contributed by atoms with van der Waals surface area (Å²) in [6.07, 6.45) is 21.7. The van der Waals surface area contributed by atoms with Gasteiger partial charge in [0, 0.05) is 31.7 Å². The minimum atomic E-state index is -4.43. The molecule has 7 atom stereocenters. The van der Waals surface area contributed by atoms with E-state index in [1.807, 2.05) is 6.08 Å². The number of unbranched alkanes of at least 4 members (excludes halogenated alkanes) is 15. The number of esters is 2. The van der Waals surface area contributed by atoms with Crippen molar-refractivity contribution >= 4 is 19.8 Å². The molecule has 0 aliphatic heterocycles. The second-order valence-electron chi connectivity index (χ2n) is 14.5. The highest BCUT2D eigenvalue weighted by Gasteiger charge is 2.39. The Morgan fingerprint density at radius 1 is 0.769 bits per heavy atom. The van der Waals surface area contributed by atoms with Gasteiger partial charge in [0.15, 0.2) is 6.10 Å². The Labute approximate surface area is 314 Å². The largest absolute Gasteiger partial charge is 0.472 e. The van der Waals surface area contributed by atoms with Crippen LogP contribution in [0.5, 0.6) is 0 Å². The van der Waals surface area contributed by atoms with Crippen LogP contribution >= 0.6 is 7.82 Å². The summed E-state index contributed by atoms with van der Waals surface area (Å²) in [5.74, 6) is -1.26. The summed E-state index contributed by atoms with van der Waals surface area (Å²) in [6, 6.07) is 0. The lowest BCUT2D eigenvalue weighted by atomic mass is 9.88. The van der Waals surface area contributed by atoms with E-state index in [1.54, 1.807) is 6.08 Å². The number of phosphoric acid groups is 1. The van der Waals surface area contributed by atoms with Gasteiger partial charge in [-0.1, -0.05) is 129 Å². The average Bonchev–Trinajstić information content (AvgIpc) is 3.38. The predicted molar refractivity (Wildman–Crippen MR) is 203 cm³/mol. The first-order valence-corrected chi connectivity index (χ1v) is 21.9. The summed E-state index contributed by atoms with van der Waals surface area (Å²) in [5, 5.41) is 31.3. The van der Waals surface area contributed by atoms with Crippen molar-refractivity contribution in [2.24, 2.45) is 17.6 Å². The van der Waals surface area contributed by atoms with Crippen LogP contribution in [-0.2, 0) is 32.7 Å². The zero-order valence-corrected chi connectivity index (χ0v) is 33.3. The normalized spacial score (nSPS) is 21.3. The molecule has 1 unspecified atom stereocenters. The molecule has 6 N–H and O–H groups in total. The fraction of sp³-hybridized carbons (Fsp3) is 0.897. The Morgan fingerprint density at radius 2 is 1.33 bits per heavy atom. The lowest BCUT2D eigenvalue weighted by Crippen LogP contribution is -2.29. The quantitative estimate of drug-likeness (QED) is 0.0189. The highest BCUT2D eigenvalue weighted by atomic mass is 31.2. The van der Waals surface area contributed by atoms with Crippen LogP contribution in [0.25, 0.3) is 0 Å². The number of aliphatic hydroxyl groups is 3. The number of hydrogen-bond donors (Lipinski definition) is 5. The third-order valence-corrected chi connectivity index (χ3v) is 10.7. The molecule has 1 aliphatic rings. The Balaban J connectivity index is 2.42. The monoisotopic (exact) mass is 763 g/mol. The first-order chi connectivity index (χ1) is 25.0. The van der Waals surface area contributed by atoms with E-state index in [9.17, 15) is 34.4 Å². The van der Waals surface area contributed by atoms with E-state index < -0.39 is 50.8 Å². The minimum absolute atomic E-state index is 0.0210. The minimum Gasteiger partial charge on any atom is -0.462 e. The van der Waals surface area contributed by atoms with Crippen molar-refractivity contribution in [3.63, 3.8) is 0 Å². The zero-order valence-electron chi connectivity index (χ0n) is 32.4. The predicted octanol–water partition coefficient (Wildman–Crippen LogP) is 7.43. The average molecular weight is 764 g/mol. The molecule has 52 heavy (non-hydrogen) atoms. The van der Waals surface area contributed by atoms with Crippen LogP contribution in [0.1, 0.15) is 162 Å². The van der Waals surface area contributed by atoms with E-state index >= 15 is 0 Å². The molecule has 0 spiro atoms. The van der Waals surface area contributed by atoms with Crippen molar-refractivity contribution in [2.75, 3.05) is 26.4 Å². The van der Waals surface area contributed by atoms with Crippen LogP contribution in [0.2, 0.25) is 0 Å². The highest BCUT2D eigenvalue weighted by molar-refractivity contribution is 7.47. The summed E-state index contributed by atoms with van der Waals surface area (Å²) in [4.78, 5) is 34.9. The Morgan fingerprint density at radius 3 is 1.94 bits per heavy atom. The maximum atomic E-state index is 12.7. The smallest absolute Gasteiger partial charge is 0.462 e. The summed E-state index contributed by atoms with van der Waals surface area (Å²) < 4.78 is 32.7. The molecule has 0 aromatic rings. The number of nitrogens with two attached hydrogens (primary N) is 1. The SMILES string of the molecule is CCCCCCCCCCCCCC(=O)OC[C@H](COP(=O)(O)OCCN)OC(=O)CCCCCC[C@@H]1[C@@H](/C=C/[C@@H](O)CCCCC)[C@H](O)C[C@@H]1O. The summed E-state index contributed by atoms with van der Waals surface area (Å²) >= 11 is 0. The van der Waals surface area contributed by atoms with E-state index in [-0.39, 0.29) is 44.4 Å². The molecule has 0 heterocycles. The third kappa shape index (κ3) is 24.8. The van der Waals surface area contributed by atoms with Gasteiger partial charge in [0.2, 0.25) is 0 Å². The van der Waals surface area contributed by atoms with Gasteiger partial charge in [-0.3, -0.25) is 18.6 Å². The molecule has 306 valence electrons. The van der Waals surface area contributed by atoms with Crippen LogP contribution < -0.4 is 5.73 Å². The third-order valence-electron chi connectivity index (χ3n) is 9.75. The number of carbonyl (C=O) groups excluding carboxylic acids is 2. The lowest BCUT2D eigenvalue weighted by molar-refractivity contribution is -0.161. The fourth-order valence-corrected chi connectivity index (χ4v) is 7.44. The Bertz CT molecular complexity index is 984. The molecule has 0 saturated heterocycles. The van der Waals surface area contributed by atoms with E-state index in [2.05, 4.69) is 13.8 Å². The molecule has 0 radical (unpaired) electrons. The maximum absolute atomic E-state index is 12.7. The van der Waals surface area contributed by atoms with Crippen LogP contribution in [0.3, 0.4) is 0 Å². The molecule has 0 amide bonds. The second-order valence-corrected chi connectivity index (χ2v) is 15.9. The van der Waals surface area contributed by atoms with Gasteiger partial charge >= 0.3 is 19.8 Å². The van der Waals surface area contributed by atoms with Crippen LogP contribution in [0.15, 0.2) is 12.2 Å².